The Balaban J connectivity index is 1.77. The molecule has 3 aromatic heterocycles. The van der Waals surface area contributed by atoms with Crippen LogP contribution in [0.2, 0.25) is 15.1 Å². The van der Waals surface area contributed by atoms with Crippen molar-refractivity contribution in [1.29, 1.82) is 0 Å². The predicted octanol–water partition coefficient (Wildman–Crippen LogP) is 4.39. The van der Waals surface area contributed by atoms with E-state index in [1.807, 2.05) is 0 Å². The number of halogens is 3. The van der Waals surface area contributed by atoms with E-state index in [-0.39, 0.29) is 23.6 Å². The predicted molar refractivity (Wildman–Crippen MR) is 130 cm³/mol. The summed E-state index contributed by atoms with van der Waals surface area (Å²) in [5.41, 5.74) is 1.85. The van der Waals surface area contributed by atoms with Crippen molar-refractivity contribution in [2.75, 3.05) is 12.4 Å². The second-order valence-electron chi connectivity index (χ2n) is 7.28. The highest BCUT2D eigenvalue weighted by Gasteiger charge is 2.23. The second-order valence-corrected chi connectivity index (χ2v) is 8.56. The number of aromatic nitrogens is 5. The summed E-state index contributed by atoms with van der Waals surface area (Å²) in [6.07, 6.45) is 4.69. The number of carbonyl (C=O) groups is 2. The van der Waals surface area contributed by atoms with Gasteiger partial charge in [0.1, 0.15) is 5.69 Å². The molecule has 0 spiro atoms. The first-order valence-electron chi connectivity index (χ1n) is 9.98. The van der Waals surface area contributed by atoms with E-state index in [9.17, 15) is 9.59 Å². The maximum atomic E-state index is 13.4. The highest BCUT2D eigenvalue weighted by molar-refractivity contribution is 6.32. The Bertz CT molecular complexity index is 1400. The van der Waals surface area contributed by atoms with E-state index in [4.69, 9.17) is 34.8 Å². The number of hydrogen-bond donors (Lipinski definition) is 2. The Morgan fingerprint density at radius 2 is 1.88 bits per heavy atom. The van der Waals surface area contributed by atoms with Gasteiger partial charge >= 0.3 is 0 Å². The topological polar surface area (TPSA) is 107 Å². The molecule has 2 N–H and O–H groups in total. The van der Waals surface area contributed by atoms with Gasteiger partial charge in [-0.2, -0.15) is 10.2 Å². The fourth-order valence-electron chi connectivity index (χ4n) is 3.35. The van der Waals surface area contributed by atoms with Crippen molar-refractivity contribution in [2.45, 2.75) is 13.5 Å². The summed E-state index contributed by atoms with van der Waals surface area (Å²) in [6, 6.07) is 8.06. The third kappa shape index (κ3) is 4.91. The van der Waals surface area contributed by atoms with Crippen LogP contribution in [-0.2, 0) is 6.54 Å². The summed E-state index contributed by atoms with van der Waals surface area (Å²) in [7, 11) is 1.50. The molecule has 0 unspecified atom stereocenters. The molecule has 0 saturated carbocycles. The number of anilines is 1. The summed E-state index contributed by atoms with van der Waals surface area (Å²) in [5.74, 6) is -0.633. The number of hydrogen-bond acceptors (Lipinski definition) is 5. The van der Waals surface area contributed by atoms with Crippen molar-refractivity contribution in [2.24, 2.45) is 0 Å². The van der Waals surface area contributed by atoms with Gasteiger partial charge in [0.2, 0.25) is 0 Å². The van der Waals surface area contributed by atoms with E-state index < -0.39 is 11.8 Å². The van der Waals surface area contributed by atoms with Crippen LogP contribution in [0.25, 0.3) is 5.82 Å². The average molecular weight is 519 g/mol. The van der Waals surface area contributed by atoms with Crippen LogP contribution >= 0.6 is 34.8 Å². The molecule has 9 nitrogen and oxygen atoms in total. The van der Waals surface area contributed by atoms with Gasteiger partial charge in [-0.25, -0.2) is 9.67 Å². The molecule has 174 valence electrons. The van der Waals surface area contributed by atoms with Gasteiger partial charge in [-0.1, -0.05) is 34.8 Å². The molecule has 34 heavy (non-hydrogen) atoms. The number of amides is 2. The molecule has 3 heterocycles. The first-order chi connectivity index (χ1) is 16.3. The molecule has 0 aliphatic rings. The van der Waals surface area contributed by atoms with Crippen LogP contribution in [0.15, 0.2) is 48.9 Å². The van der Waals surface area contributed by atoms with Crippen LogP contribution in [0.1, 0.15) is 32.1 Å². The van der Waals surface area contributed by atoms with E-state index in [2.05, 4.69) is 25.8 Å². The monoisotopic (exact) mass is 517 g/mol. The van der Waals surface area contributed by atoms with Crippen molar-refractivity contribution in [1.82, 2.24) is 29.9 Å². The van der Waals surface area contributed by atoms with E-state index in [0.29, 0.717) is 32.0 Å². The maximum absolute atomic E-state index is 13.4. The molecule has 2 amide bonds. The summed E-state index contributed by atoms with van der Waals surface area (Å²) in [5, 5.41) is 15.2. The lowest BCUT2D eigenvalue weighted by atomic mass is 10.1. The third-order valence-corrected chi connectivity index (χ3v) is 5.58. The standard InChI is InChI=1S/C22H18Cl3N7O2/c1-12-6-13(23)7-16(21(33)26-2)19(12)29-22(34)18-8-15(11-31-10-14(24)9-28-31)30-32(18)20-17(25)4-3-5-27-20/h3-10H,11H2,1-2H3,(H,26,33)(H,29,34). The summed E-state index contributed by atoms with van der Waals surface area (Å²) in [6.45, 7) is 2.00. The number of nitrogens with one attached hydrogen (secondary N) is 2. The van der Waals surface area contributed by atoms with Crippen LogP contribution in [0.4, 0.5) is 5.69 Å². The normalized spacial score (nSPS) is 10.9. The Kier molecular flexibility index (Phi) is 6.87. The van der Waals surface area contributed by atoms with Crippen molar-refractivity contribution < 1.29 is 9.59 Å². The molecule has 0 radical (unpaired) electrons. The Morgan fingerprint density at radius 1 is 1.09 bits per heavy atom. The molecule has 0 aliphatic carbocycles. The van der Waals surface area contributed by atoms with Crippen molar-refractivity contribution >= 4 is 52.3 Å². The number of benzene rings is 1. The van der Waals surface area contributed by atoms with Gasteiger partial charge in [-0.05, 0) is 42.8 Å². The first-order valence-corrected chi connectivity index (χ1v) is 11.1. The molecular weight excluding hydrogens is 501 g/mol. The summed E-state index contributed by atoms with van der Waals surface area (Å²) < 4.78 is 2.94. The highest BCUT2D eigenvalue weighted by atomic mass is 35.5. The summed E-state index contributed by atoms with van der Waals surface area (Å²) in [4.78, 5) is 30.1. The molecule has 0 bridgehead atoms. The molecule has 0 saturated heterocycles. The van der Waals surface area contributed by atoms with Crippen LogP contribution in [-0.4, -0.2) is 43.4 Å². The van der Waals surface area contributed by atoms with Gasteiger partial charge in [0.05, 0.1) is 39.7 Å². The van der Waals surface area contributed by atoms with E-state index >= 15 is 0 Å². The second kappa shape index (κ2) is 9.84. The lowest BCUT2D eigenvalue weighted by Crippen LogP contribution is -2.23. The maximum Gasteiger partial charge on any atom is 0.274 e. The van der Waals surface area contributed by atoms with E-state index in [1.165, 1.54) is 24.0 Å². The van der Waals surface area contributed by atoms with Gasteiger partial charge in [-0.15, -0.1) is 0 Å². The molecule has 12 heteroatoms. The molecule has 4 rings (SSSR count). The number of pyridine rings is 1. The first kappa shape index (κ1) is 23.7. The minimum Gasteiger partial charge on any atom is -0.355 e. The molecule has 4 aromatic rings. The van der Waals surface area contributed by atoms with Crippen LogP contribution in [0.5, 0.6) is 0 Å². The number of carbonyl (C=O) groups excluding carboxylic acids is 2. The van der Waals surface area contributed by atoms with Crippen LogP contribution in [0, 0.1) is 6.92 Å². The number of rotatable bonds is 6. The Hall–Kier alpha value is -3.40. The average Bonchev–Trinajstić information content (AvgIpc) is 3.41. The molecule has 1 aromatic carbocycles. The zero-order chi connectivity index (χ0) is 24.4. The van der Waals surface area contributed by atoms with Crippen LogP contribution < -0.4 is 10.6 Å². The van der Waals surface area contributed by atoms with Gasteiger partial charge in [-0.3, -0.25) is 14.3 Å². The summed E-state index contributed by atoms with van der Waals surface area (Å²) >= 11 is 18.4. The van der Waals surface area contributed by atoms with Gasteiger partial charge < -0.3 is 10.6 Å². The van der Waals surface area contributed by atoms with Gasteiger partial charge in [0.25, 0.3) is 11.8 Å². The fraction of sp³-hybridized carbons (Fsp3) is 0.136. The van der Waals surface area contributed by atoms with Crippen molar-refractivity contribution in [3.8, 4) is 5.82 Å². The van der Waals surface area contributed by atoms with Crippen molar-refractivity contribution in [3.05, 3.63) is 86.5 Å². The molecular formula is C22H18Cl3N7O2. The molecule has 0 atom stereocenters. The molecule has 0 aliphatic heterocycles. The number of nitrogens with zero attached hydrogens (tertiary/aromatic N) is 5. The smallest absolute Gasteiger partial charge is 0.274 e. The zero-order valence-corrected chi connectivity index (χ0v) is 20.3. The third-order valence-electron chi connectivity index (χ3n) is 4.87. The van der Waals surface area contributed by atoms with Crippen LogP contribution in [0.3, 0.4) is 0 Å². The van der Waals surface area contributed by atoms with Crippen molar-refractivity contribution in [3.63, 3.8) is 0 Å². The lowest BCUT2D eigenvalue weighted by Gasteiger charge is -2.14. The fourth-order valence-corrected chi connectivity index (χ4v) is 3.99. The van der Waals surface area contributed by atoms with E-state index in [1.54, 1.807) is 48.3 Å². The zero-order valence-electron chi connectivity index (χ0n) is 18.0. The Labute approximate surface area is 209 Å². The highest BCUT2D eigenvalue weighted by Crippen LogP contribution is 2.27. The van der Waals surface area contributed by atoms with Gasteiger partial charge in [0, 0.05) is 24.5 Å². The quantitative estimate of drug-likeness (QED) is 0.394. The molecule has 0 fully saturated rings. The minimum atomic E-state index is -0.519. The SMILES string of the molecule is CNC(=O)c1cc(Cl)cc(C)c1NC(=O)c1cc(Cn2cc(Cl)cn2)nn1-c1ncccc1Cl. The van der Waals surface area contributed by atoms with Gasteiger partial charge in [0.15, 0.2) is 5.82 Å². The minimum absolute atomic E-state index is 0.158. The Morgan fingerprint density at radius 3 is 2.56 bits per heavy atom. The lowest BCUT2D eigenvalue weighted by molar-refractivity contribution is 0.0964. The van der Waals surface area contributed by atoms with E-state index in [0.717, 1.165) is 0 Å². The number of aryl methyl sites for hydroxylation is 1. The largest absolute Gasteiger partial charge is 0.355 e.